The van der Waals surface area contributed by atoms with Crippen molar-refractivity contribution >= 4 is 17.6 Å². The van der Waals surface area contributed by atoms with Crippen molar-refractivity contribution in [3.63, 3.8) is 0 Å². The van der Waals surface area contributed by atoms with E-state index in [1.54, 1.807) is 24.3 Å². The molecular formula is C16H23N3O3. The average Bonchev–Trinajstić information content (AvgIpc) is 2.53. The van der Waals surface area contributed by atoms with Gasteiger partial charge in [-0.25, -0.2) is 4.79 Å². The summed E-state index contributed by atoms with van der Waals surface area (Å²) in [6.45, 7) is 6.37. The SMILES string of the molecule is CCCNC(=O)Nc1ccc(C(=O)N2CCOCC2C)cc1. The number of carbonyl (C=O) groups excluding carboxylic acids is 2. The standard InChI is InChI=1S/C16H23N3O3/c1-3-8-17-16(21)18-14-6-4-13(5-7-14)15(20)19-9-10-22-11-12(19)2/h4-7,12H,3,8-11H2,1-2H3,(H2,17,18,21). The van der Waals surface area contributed by atoms with E-state index in [0.717, 1.165) is 6.42 Å². The number of benzene rings is 1. The highest BCUT2D eigenvalue weighted by Gasteiger charge is 2.24. The van der Waals surface area contributed by atoms with Gasteiger partial charge in [-0.15, -0.1) is 0 Å². The molecule has 3 amide bonds. The Morgan fingerprint density at radius 2 is 2.05 bits per heavy atom. The molecular weight excluding hydrogens is 282 g/mol. The summed E-state index contributed by atoms with van der Waals surface area (Å²) in [4.78, 5) is 25.8. The van der Waals surface area contributed by atoms with Gasteiger partial charge in [0.25, 0.3) is 5.91 Å². The quantitative estimate of drug-likeness (QED) is 0.894. The number of ether oxygens (including phenoxy) is 1. The van der Waals surface area contributed by atoms with Gasteiger partial charge < -0.3 is 20.3 Å². The lowest BCUT2D eigenvalue weighted by molar-refractivity contribution is 0.00359. The molecule has 1 aromatic rings. The second kappa shape index (κ2) is 7.79. The fourth-order valence-electron chi connectivity index (χ4n) is 2.30. The van der Waals surface area contributed by atoms with E-state index < -0.39 is 0 Å². The Balaban J connectivity index is 1.96. The Bertz CT molecular complexity index is 516. The van der Waals surface area contributed by atoms with Crippen molar-refractivity contribution < 1.29 is 14.3 Å². The van der Waals surface area contributed by atoms with E-state index in [-0.39, 0.29) is 18.0 Å². The third-order valence-electron chi connectivity index (χ3n) is 3.55. The molecule has 120 valence electrons. The average molecular weight is 305 g/mol. The molecule has 1 aromatic carbocycles. The van der Waals surface area contributed by atoms with E-state index >= 15 is 0 Å². The first kappa shape index (κ1) is 16.3. The number of rotatable bonds is 4. The summed E-state index contributed by atoms with van der Waals surface area (Å²) in [7, 11) is 0. The van der Waals surface area contributed by atoms with Crippen LogP contribution < -0.4 is 10.6 Å². The fourth-order valence-corrected chi connectivity index (χ4v) is 2.30. The van der Waals surface area contributed by atoms with Crippen LogP contribution in [0.1, 0.15) is 30.6 Å². The van der Waals surface area contributed by atoms with Crippen LogP contribution in [0.15, 0.2) is 24.3 Å². The second-order valence-electron chi connectivity index (χ2n) is 5.38. The Kier molecular flexibility index (Phi) is 5.77. The van der Waals surface area contributed by atoms with E-state index in [0.29, 0.717) is 37.6 Å². The Morgan fingerprint density at radius 1 is 1.32 bits per heavy atom. The van der Waals surface area contributed by atoms with Crippen LogP contribution in [0.25, 0.3) is 0 Å². The summed E-state index contributed by atoms with van der Waals surface area (Å²) in [5.74, 6) is -0.00205. The molecule has 2 N–H and O–H groups in total. The van der Waals surface area contributed by atoms with Crippen molar-refractivity contribution in [3.8, 4) is 0 Å². The van der Waals surface area contributed by atoms with Crippen molar-refractivity contribution in [1.82, 2.24) is 10.2 Å². The number of nitrogens with one attached hydrogen (secondary N) is 2. The van der Waals surface area contributed by atoms with E-state index in [1.807, 2.05) is 18.7 Å². The summed E-state index contributed by atoms with van der Waals surface area (Å²) in [5.41, 5.74) is 1.29. The van der Waals surface area contributed by atoms with Crippen LogP contribution in [0.2, 0.25) is 0 Å². The van der Waals surface area contributed by atoms with Crippen molar-refractivity contribution in [3.05, 3.63) is 29.8 Å². The number of carbonyl (C=O) groups is 2. The molecule has 0 aliphatic carbocycles. The molecule has 1 saturated heterocycles. The van der Waals surface area contributed by atoms with Crippen molar-refractivity contribution in [2.75, 3.05) is 31.6 Å². The Hall–Kier alpha value is -2.08. The molecule has 1 atom stereocenters. The highest BCUT2D eigenvalue weighted by atomic mass is 16.5. The number of nitrogens with zero attached hydrogens (tertiary/aromatic N) is 1. The zero-order valence-corrected chi connectivity index (χ0v) is 13.1. The first-order chi connectivity index (χ1) is 10.6. The lowest BCUT2D eigenvalue weighted by atomic mass is 10.1. The zero-order chi connectivity index (χ0) is 15.9. The topological polar surface area (TPSA) is 70.7 Å². The first-order valence-corrected chi connectivity index (χ1v) is 7.65. The molecule has 1 aliphatic heterocycles. The van der Waals surface area contributed by atoms with E-state index in [1.165, 1.54) is 0 Å². The van der Waals surface area contributed by atoms with Crippen LogP contribution in [0, 0.1) is 0 Å². The van der Waals surface area contributed by atoms with Gasteiger partial charge >= 0.3 is 6.03 Å². The van der Waals surface area contributed by atoms with E-state index in [2.05, 4.69) is 10.6 Å². The van der Waals surface area contributed by atoms with Gasteiger partial charge in [-0.2, -0.15) is 0 Å². The van der Waals surface area contributed by atoms with Crippen LogP contribution in [0.3, 0.4) is 0 Å². The van der Waals surface area contributed by atoms with Crippen LogP contribution in [-0.2, 0) is 4.74 Å². The minimum atomic E-state index is -0.234. The molecule has 6 heteroatoms. The van der Waals surface area contributed by atoms with Crippen molar-refractivity contribution in [2.45, 2.75) is 26.3 Å². The molecule has 22 heavy (non-hydrogen) atoms. The highest BCUT2D eigenvalue weighted by molar-refractivity contribution is 5.95. The number of amides is 3. The minimum absolute atomic E-state index is 0.00205. The van der Waals surface area contributed by atoms with Crippen molar-refractivity contribution in [1.29, 1.82) is 0 Å². The summed E-state index contributed by atoms with van der Waals surface area (Å²) < 4.78 is 5.34. The molecule has 0 spiro atoms. The van der Waals surface area contributed by atoms with Gasteiger partial charge in [0.05, 0.1) is 19.3 Å². The molecule has 0 bridgehead atoms. The maximum absolute atomic E-state index is 12.5. The molecule has 0 saturated carbocycles. The van der Waals surface area contributed by atoms with E-state index in [9.17, 15) is 9.59 Å². The second-order valence-corrected chi connectivity index (χ2v) is 5.38. The van der Waals surface area contributed by atoms with Crippen LogP contribution in [0.4, 0.5) is 10.5 Å². The van der Waals surface area contributed by atoms with Gasteiger partial charge in [0.15, 0.2) is 0 Å². The van der Waals surface area contributed by atoms with Gasteiger partial charge in [-0.3, -0.25) is 4.79 Å². The third kappa shape index (κ3) is 4.21. The largest absolute Gasteiger partial charge is 0.377 e. The summed E-state index contributed by atoms with van der Waals surface area (Å²) in [6.07, 6.45) is 0.887. The van der Waals surface area contributed by atoms with Crippen LogP contribution in [-0.4, -0.2) is 49.2 Å². The number of morpholine rings is 1. The van der Waals surface area contributed by atoms with Crippen LogP contribution in [0.5, 0.6) is 0 Å². The predicted molar refractivity (Wildman–Crippen MR) is 85.1 cm³/mol. The number of hydrogen-bond donors (Lipinski definition) is 2. The molecule has 1 unspecified atom stereocenters. The smallest absolute Gasteiger partial charge is 0.319 e. The summed E-state index contributed by atoms with van der Waals surface area (Å²) in [5, 5.41) is 5.47. The highest BCUT2D eigenvalue weighted by Crippen LogP contribution is 2.15. The number of anilines is 1. The Morgan fingerprint density at radius 3 is 2.68 bits per heavy atom. The predicted octanol–water partition coefficient (Wildman–Crippen LogP) is 2.08. The minimum Gasteiger partial charge on any atom is -0.377 e. The lowest BCUT2D eigenvalue weighted by Gasteiger charge is -2.33. The molecule has 6 nitrogen and oxygen atoms in total. The monoisotopic (exact) mass is 305 g/mol. The summed E-state index contributed by atoms with van der Waals surface area (Å²) in [6, 6.07) is 6.80. The maximum Gasteiger partial charge on any atom is 0.319 e. The van der Waals surface area contributed by atoms with Crippen LogP contribution >= 0.6 is 0 Å². The van der Waals surface area contributed by atoms with Gasteiger partial charge in [-0.05, 0) is 37.6 Å². The molecule has 1 heterocycles. The van der Waals surface area contributed by atoms with Gasteiger partial charge in [0.2, 0.25) is 0 Å². The normalized spacial score (nSPS) is 17.9. The number of hydrogen-bond acceptors (Lipinski definition) is 3. The number of urea groups is 1. The van der Waals surface area contributed by atoms with Gasteiger partial charge in [-0.1, -0.05) is 6.92 Å². The molecule has 0 radical (unpaired) electrons. The van der Waals surface area contributed by atoms with Gasteiger partial charge in [0.1, 0.15) is 0 Å². The molecule has 1 aliphatic rings. The van der Waals surface area contributed by atoms with E-state index in [4.69, 9.17) is 4.74 Å². The molecule has 2 rings (SSSR count). The third-order valence-corrected chi connectivity index (χ3v) is 3.55. The zero-order valence-electron chi connectivity index (χ0n) is 13.1. The van der Waals surface area contributed by atoms with Gasteiger partial charge in [0, 0.05) is 24.3 Å². The first-order valence-electron chi connectivity index (χ1n) is 7.65. The summed E-state index contributed by atoms with van der Waals surface area (Å²) >= 11 is 0. The fraction of sp³-hybridized carbons (Fsp3) is 0.500. The Labute approximate surface area is 130 Å². The lowest BCUT2D eigenvalue weighted by Crippen LogP contribution is -2.47. The maximum atomic E-state index is 12.5. The molecule has 1 fully saturated rings. The molecule has 0 aromatic heterocycles. The van der Waals surface area contributed by atoms with Crippen molar-refractivity contribution in [2.24, 2.45) is 0 Å².